The highest BCUT2D eigenvalue weighted by atomic mass is 15.2. The number of anilines is 1. The van der Waals surface area contributed by atoms with Crippen molar-refractivity contribution < 1.29 is 0 Å². The molecule has 0 radical (unpaired) electrons. The van der Waals surface area contributed by atoms with Gasteiger partial charge in [-0.05, 0) is 50.0 Å². The lowest BCUT2D eigenvalue weighted by molar-refractivity contribution is 0.409. The smallest absolute Gasteiger partial charge is 0.222 e. The van der Waals surface area contributed by atoms with Crippen molar-refractivity contribution >= 4 is 22.7 Å². The average molecular weight is 403 g/mol. The van der Waals surface area contributed by atoms with Crippen LogP contribution in [0.2, 0.25) is 0 Å². The summed E-state index contributed by atoms with van der Waals surface area (Å²) in [5.41, 5.74) is 6.77. The molecule has 0 saturated heterocycles. The molecule has 30 heavy (non-hydrogen) atoms. The first-order chi connectivity index (χ1) is 14.6. The zero-order chi connectivity index (χ0) is 21.1. The predicted molar refractivity (Wildman–Crippen MR) is 123 cm³/mol. The Labute approximate surface area is 178 Å². The molecule has 0 amide bonds. The fourth-order valence-corrected chi connectivity index (χ4v) is 4.13. The summed E-state index contributed by atoms with van der Waals surface area (Å²) < 4.78 is 1.89. The maximum atomic E-state index is 4.55. The molecule has 3 aromatic rings. The maximum absolute atomic E-state index is 4.55. The minimum absolute atomic E-state index is 0.509. The number of hydrogen-bond acceptors (Lipinski definition) is 5. The van der Waals surface area contributed by atoms with E-state index in [0.29, 0.717) is 12.0 Å². The molecule has 2 N–H and O–H groups in total. The van der Waals surface area contributed by atoms with E-state index in [2.05, 4.69) is 44.9 Å². The lowest BCUT2D eigenvalue weighted by Gasteiger charge is -2.24. The van der Waals surface area contributed by atoms with Crippen LogP contribution in [-0.4, -0.2) is 32.2 Å². The van der Waals surface area contributed by atoms with Crippen molar-refractivity contribution in [3.63, 3.8) is 0 Å². The molecule has 0 spiro atoms. The van der Waals surface area contributed by atoms with Crippen molar-refractivity contribution in [3.05, 3.63) is 66.3 Å². The van der Waals surface area contributed by atoms with Gasteiger partial charge in [0.25, 0.3) is 0 Å². The molecule has 0 atom stereocenters. The van der Waals surface area contributed by atoms with E-state index in [9.17, 15) is 0 Å². The molecule has 3 heterocycles. The van der Waals surface area contributed by atoms with Crippen LogP contribution in [0.25, 0.3) is 16.8 Å². The SMILES string of the molecule is C=C(c1ccn2ncc(C(=C)NC3CCCCC3)c2c1)c1cnc(NCC)nc1C. The van der Waals surface area contributed by atoms with Crippen LogP contribution < -0.4 is 10.6 Å². The van der Waals surface area contributed by atoms with Gasteiger partial charge in [0.15, 0.2) is 0 Å². The molecule has 3 aromatic heterocycles. The summed E-state index contributed by atoms with van der Waals surface area (Å²) in [5, 5.41) is 11.3. The van der Waals surface area contributed by atoms with Crippen LogP contribution in [0.5, 0.6) is 0 Å². The summed E-state index contributed by atoms with van der Waals surface area (Å²) in [6.45, 7) is 13.4. The second kappa shape index (κ2) is 8.69. The number of fused-ring (bicyclic) bond motifs is 1. The van der Waals surface area contributed by atoms with E-state index < -0.39 is 0 Å². The Hall–Kier alpha value is -3.15. The second-order valence-corrected chi connectivity index (χ2v) is 7.96. The fraction of sp³-hybridized carbons (Fsp3) is 0.375. The van der Waals surface area contributed by atoms with E-state index in [1.54, 1.807) is 0 Å². The Morgan fingerprint density at radius 2 is 1.97 bits per heavy atom. The molecule has 4 rings (SSSR count). The molecular weight excluding hydrogens is 372 g/mol. The van der Waals surface area contributed by atoms with Crippen LogP contribution in [0.3, 0.4) is 0 Å². The van der Waals surface area contributed by atoms with E-state index in [4.69, 9.17) is 0 Å². The Bertz CT molecular complexity index is 1070. The van der Waals surface area contributed by atoms with E-state index in [0.717, 1.165) is 45.7 Å². The van der Waals surface area contributed by atoms with Gasteiger partial charge in [-0.3, -0.25) is 0 Å². The molecule has 0 unspecified atom stereocenters. The lowest BCUT2D eigenvalue weighted by Crippen LogP contribution is -2.29. The summed E-state index contributed by atoms with van der Waals surface area (Å²) in [6.07, 6.45) is 12.0. The van der Waals surface area contributed by atoms with E-state index in [1.165, 1.54) is 32.1 Å². The minimum atomic E-state index is 0.509. The molecule has 6 heteroatoms. The lowest BCUT2D eigenvalue weighted by atomic mass is 9.95. The highest BCUT2D eigenvalue weighted by Crippen LogP contribution is 2.27. The molecule has 0 aliphatic heterocycles. The zero-order valence-corrected chi connectivity index (χ0v) is 17.9. The molecule has 6 nitrogen and oxygen atoms in total. The highest BCUT2D eigenvalue weighted by Gasteiger charge is 2.17. The standard InChI is InChI=1S/C24H30N6/c1-5-25-24-26-14-21(17(3)29-24)16(2)19-11-12-30-23(13-19)22(15-27-30)18(4)28-20-9-7-6-8-10-20/h11-15,20,28H,2,4-10H2,1,3H3,(H,25,26,29). The predicted octanol–water partition coefficient (Wildman–Crippen LogP) is 4.82. The first-order valence-corrected chi connectivity index (χ1v) is 10.8. The maximum Gasteiger partial charge on any atom is 0.222 e. The second-order valence-electron chi connectivity index (χ2n) is 7.96. The number of pyridine rings is 1. The van der Waals surface area contributed by atoms with Crippen molar-refractivity contribution in [2.24, 2.45) is 0 Å². The molecule has 0 bridgehead atoms. The van der Waals surface area contributed by atoms with Crippen molar-refractivity contribution in [2.75, 3.05) is 11.9 Å². The van der Waals surface area contributed by atoms with Crippen LogP contribution in [0, 0.1) is 6.92 Å². The average Bonchev–Trinajstić information content (AvgIpc) is 3.18. The van der Waals surface area contributed by atoms with Crippen LogP contribution in [0.1, 0.15) is 61.4 Å². The largest absolute Gasteiger partial charge is 0.382 e. The molecule has 1 fully saturated rings. The van der Waals surface area contributed by atoms with Crippen LogP contribution in [-0.2, 0) is 0 Å². The first kappa shape index (κ1) is 20.1. The van der Waals surface area contributed by atoms with Crippen molar-refractivity contribution in [1.29, 1.82) is 0 Å². The third kappa shape index (κ3) is 4.08. The molecule has 156 valence electrons. The number of aryl methyl sites for hydroxylation is 1. The van der Waals surface area contributed by atoms with Crippen molar-refractivity contribution in [2.45, 2.75) is 52.0 Å². The molecule has 1 aliphatic carbocycles. The molecule has 1 aliphatic rings. The van der Waals surface area contributed by atoms with Gasteiger partial charge in [0.05, 0.1) is 17.4 Å². The van der Waals surface area contributed by atoms with Gasteiger partial charge in [0.1, 0.15) is 0 Å². The number of nitrogens with zero attached hydrogens (tertiary/aromatic N) is 4. The zero-order valence-electron chi connectivity index (χ0n) is 17.9. The normalized spacial score (nSPS) is 14.6. The van der Waals surface area contributed by atoms with Crippen molar-refractivity contribution in [1.82, 2.24) is 24.9 Å². The van der Waals surface area contributed by atoms with Gasteiger partial charge in [0.2, 0.25) is 5.95 Å². The third-order valence-electron chi connectivity index (χ3n) is 5.82. The van der Waals surface area contributed by atoms with Gasteiger partial charge in [-0.1, -0.05) is 32.4 Å². The number of aromatic nitrogens is 4. The van der Waals surface area contributed by atoms with Gasteiger partial charge < -0.3 is 10.6 Å². The number of rotatable bonds is 7. The molecular formula is C24H30N6. The van der Waals surface area contributed by atoms with Gasteiger partial charge in [-0.25, -0.2) is 14.5 Å². The summed E-state index contributed by atoms with van der Waals surface area (Å²) >= 11 is 0. The molecule has 1 saturated carbocycles. The topological polar surface area (TPSA) is 67.1 Å². The Morgan fingerprint density at radius 1 is 1.17 bits per heavy atom. The van der Waals surface area contributed by atoms with Gasteiger partial charge >= 0.3 is 0 Å². The number of hydrogen-bond donors (Lipinski definition) is 2. The van der Waals surface area contributed by atoms with Gasteiger partial charge in [0, 0.05) is 41.8 Å². The third-order valence-corrected chi connectivity index (χ3v) is 5.82. The minimum Gasteiger partial charge on any atom is -0.382 e. The first-order valence-electron chi connectivity index (χ1n) is 10.8. The van der Waals surface area contributed by atoms with Crippen LogP contribution in [0.4, 0.5) is 5.95 Å². The quantitative estimate of drug-likeness (QED) is 0.593. The van der Waals surface area contributed by atoms with E-state index in [-0.39, 0.29) is 0 Å². The number of nitrogens with one attached hydrogen (secondary N) is 2. The summed E-state index contributed by atoms with van der Waals surface area (Å²) in [6, 6.07) is 4.66. The van der Waals surface area contributed by atoms with Gasteiger partial charge in [-0.15, -0.1) is 0 Å². The van der Waals surface area contributed by atoms with Crippen LogP contribution in [0.15, 0.2) is 43.9 Å². The Morgan fingerprint density at radius 3 is 2.70 bits per heavy atom. The Balaban J connectivity index is 1.60. The fourth-order valence-electron chi connectivity index (χ4n) is 4.13. The van der Waals surface area contributed by atoms with Gasteiger partial charge in [-0.2, -0.15) is 5.10 Å². The summed E-state index contributed by atoms with van der Waals surface area (Å²) in [7, 11) is 0. The van der Waals surface area contributed by atoms with E-state index >= 15 is 0 Å². The monoisotopic (exact) mass is 402 g/mol. The highest BCUT2D eigenvalue weighted by molar-refractivity contribution is 5.83. The summed E-state index contributed by atoms with van der Waals surface area (Å²) in [5.74, 6) is 0.644. The summed E-state index contributed by atoms with van der Waals surface area (Å²) in [4.78, 5) is 8.96. The molecule has 0 aromatic carbocycles. The van der Waals surface area contributed by atoms with Crippen molar-refractivity contribution in [3.8, 4) is 0 Å². The van der Waals surface area contributed by atoms with E-state index in [1.807, 2.05) is 43.0 Å². The Kier molecular flexibility index (Phi) is 5.84. The van der Waals surface area contributed by atoms with Crippen LogP contribution >= 0.6 is 0 Å².